The highest BCUT2D eigenvalue weighted by Crippen LogP contribution is 2.23. The predicted molar refractivity (Wildman–Crippen MR) is 90.9 cm³/mol. The summed E-state index contributed by atoms with van der Waals surface area (Å²) < 4.78 is 5.71. The lowest BCUT2D eigenvalue weighted by Crippen LogP contribution is -2.51. The number of hydrogen-bond acceptors (Lipinski definition) is 3. The second-order valence-electron chi connectivity index (χ2n) is 6.05. The minimum Gasteiger partial charge on any atom is -0.451 e. The summed E-state index contributed by atoms with van der Waals surface area (Å²) in [4.78, 5) is 12.4. The predicted octanol–water partition coefficient (Wildman–Crippen LogP) is 3.34. The summed E-state index contributed by atoms with van der Waals surface area (Å²) in [5.41, 5.74) is 3.16. The molecule has 2 heterocycles. The molecule has 1 saturated heterocycles. The summed E-state index contributed by atoms with van der Waals surface area (Å²) in [6.45, 7) is 7.25. The van der Waals surface area contributed by atoms with E-state index < -0.39 is 0 Å². The lowest BCUT2D eigenvalue weighted by Gasteiger charge is -2.30. The van der Waals surface area contributed by atoms with Crippen LogP contribution < -0.4 is 10.6 Å². The molecule has 4 nitrogen and oxygen atoms in total. The lowest BCUT2D eigenvalue weighted by molar-refractivity contribution is 0.0894. The smallest absolute Gasteiger partial charge is 0.287 e. The Morgan fingerprint density at radius 2 is 2.00 bits per heavy atom. The quantitative estimate of drug-likeness (QED) is 0.891. The third-order valence-electron chi connectivity index (χ3n) is 4.43. The number of nitrogens with one attached hydrogen (secondary N) is 2. The fraction of sp³-hybridized carbons (Fsp3) is 0.471. The summed E-state index contributed by atoms with van der Waals surface area (Å²) in [5, 5.41) is 7.45. The van der Waals surface area contributed by atoms with Crippen molar-refractivity contribution in [3.05, 3.63) is 35.1 Å². The molecule has 1 aromatic heterocycles. The standard InChI is InChI=1S/C17H22N2O2.ClH/c1-10-7-13-9-16(21-15(13)8-11(10)2)17(20)19-14-5-4-6-18-12(14)3;/h7-9,12,14,18H,4-6H2,1-3H3,(H,19,20);1H. The first-order valence-electron chi connectivity index (χ1n) is 7.59. The van der Waals surface area contributed by atoms with Gasteiger partial charge < -0.3 is 15.1 Å². The SMILES string of the molecule is Cc1cc2cc(C(=O)NC3CCCNC3C)oc2cc1C.Cl. The maximum absolute atomic E-state index is 12.4. The van der Waals surface area contributed by atoms with Crippen molar-refractivity contribution < 1.29 is 9.21 Å². The van der Waals surface area contributed by atoms with E-state index >= 15 is 0 Å². The van der Waals surface area contributed by atoms with Gasteiger partial charge in [-0.05, 0) is 69.5 Å². The highest BCUT2D eigenvalue weighted by Gasteiger charge is 2.24. The van der Waals surface area contributed by atoms with Gasteiger partial charge in [0.2, 0.25) is 0 Å². The van der Waals surface area contributed by atoms with Gasteiger partial charge in [-0.1, -0.05) is 0 Å². The summed E-state index contributed by atoms with van der Waals surface area (Å²) >= 11 is 0. The van der Waals surface area contributed by atoms with Crippen LogP contribution in [0.1, 0.15) is 41.4 Å². The Hall–Kier alpha value is -1.52. The van der Waals surface area contributed by atoms with E-state index in [-0.39, 0.29) is 24.4 Å². The van der Waals surface area contributed by atoms with E-state index in [2.05, 4.69) is 30.5 Å². The first-order chi connectivity index (χ1) is 10.0. The molecule has 120 valence electrons. The second kappa shape index (κ2) is 6.71. The van der Waals surface area contributed by atoms with Gasteiger partial charge in [0.15, 0.2) is 5.76 Å². The molecule has 2 N–H and O–H groups in total. The number of halogens is 1. The number of piperidine rings is 1. The zero-order valence-electron chi connectivity index (χ0n) is 13.2. The Labute approximate surface area is 137 Å². The molecule has 2 aromatic rings. The molecule has 1 aliphatic heterocycles. The highest BCUT2D eigenvalue weighted by atomic mass is 35.5. The average Bonchev–Trinajstić information content (AvgIpc) is 2.85. The van der Waals surface area contributed by atoms with Crippen LogP contribution >= 0.6 is 12.4 Å². The molecule has 3 rings (SSSR count). The van der Waals surface area contributed by atoms with Gasteiger partial charge in [-0.15, -0.1) is 12.4 Å². The largest absolute Gasteiger partial charge is 0.451 e. The zero-order valence-corrected chi connectivity index (χ0v) is 14.0. The van der Waals surface area contributed by atoms with Gasteiger partial charge in [0.25, 0.3) is 5.91 Å². The molecule has 1 aromatic carbocycles. The van der Waals surface area contributed by atoms with Crippen molar-refractivity contribution >= 4 is 29.3 Å². The number of amides is 1. The van der Waals surface area contributed by atoms with Crippen molar-refractivity contribution in [1.82, 2.24) is 10.6 Å². The molecule has 0 aliphatic carbocycles. The molecule has 0 spiro atoms. The van der Waals surface area contributed by atoms with E-state index in [4.69, 9.17) is 4.42 Å². The van der Waals surface area contributed by atoms with E-state index in [0.29, 0.717) is 11.8 Å². The molecule has 0 radical (unpaired) electrons. The number of fused-ring (bicyclic) bond motifs is 1. The molecular weight excluding hydrogens is 300 g/mol. The van der Waals surface area contributed by atoms with Crippen molar-refractivity contribution in [2.45, 2.75) is 45.7 Å². The van der Waals surface area contributed by atoms with Gasteiger partial charge >= 0.3 is 0 Å². The monoisotopic (exact) mass is 322 g/mol. The molecule has 2 atom stereocenters. The molecule has 1 fully saturated rings. The number of benzene rings is 1. The fourth-order valence-corrected chi connectivity index (χ4v) is 2.89. The summed E-state index contributed by atoms with van der Waals surface area (Å²) in [6, 6.07) is 6.36. The van der Waals surface area contributed by atoms with E-state index in [1.54, 1.807) is 0 Å². The van der Waals surface area contributed by atoms with Gasteiger partial charge in [0.1, 0.15) is 5.58 Å². The molecule has 5 heteroatoms. The number of furan rings is 1. The van der Waals surface area contributed by atoms with Crippen molar-refractivity contribution in [2.75, 3.05) is 6.54 Å². The molecule has 1 aliphatic rings. The second-order valence-corrected chi connectivity index (χ2v) is 6.05. The van der Waals surface area contributed by atoms with Crippen molar-refractivity contribution in [2.24, 2.45) is 0 Å². The van der Waals surface area contributed by atoms with Gasteiger partial charge in [0, 0.05) is 17.5 Å². The molecule has 0 bridgehead atoms. The average molecular weight is 323 g/mol. The van der Waals surface area contributed by atoms with Crippen LogP contribution in [-0.2, 0) is 0 Å². The van der Waals surface area contributed by atoms with Crippen molar-refractivity contribution in [3.63, 3.8) is 0 Å². The Bertz CT molecular complexity index is 642. The van der Waals surface area contributed by atoms with E-state index in [0.717, 1.165) is 30.4 Å². The summed E-state index contributed by atoms with van der Waals surface area (Å²) in [6.07, 6.45) is 2.10. The molecule has 22 heavy (non-hydrogen) atoms. The number of aryl methyl sites for hydroxylation is 2. The van der Waals surface area contributed by atoms with E-state index in [1.807, 2.05) is 19.1 Å². The molecule has 1 amide bonds. The van der Waals surface area contributed by atoms with Crippen LogP contribution in [0, 0.1) is 13.8 Å². The van der Waals surface area contributed by atoms with E-state index in [1.165, 1.54) is 11.1 Å². The van der Waals surface area contributed by atoms with Gasteiger partial charge in [-0.3, -0.25) is 4.79 Å². The number of carbonyl (C=O) groups excluding carboxylic acids is 1. The Kier molecular flexibility index (Phi) is 5.14. The van der Waals surface area contributed by atoms with Gasteiger partial charge in [-0.25, -0.2) is 0 Å². The third kappa shape index (κ3) is 3.28. The van der Waals surface area contributed by atoms with Crippen LogP contribution in [0.5, 0.6) is 0 Å². The molecule has 0 saturated carbocycles. The number of carbonyl (C=O) groups is 1. The van der Waals surface area contributed by atoms with Crippen LogP contribution in [0.2, 0.25) is 0 Å². The zero-order chi connectivity index (χ0) is 15.0. The van der Waals surface area contributed by atoms with Crippen LogP contribution in [0.25, 0.3) is 11.0 Å². The van der Waals surface area contributed by atoms with Crippen LogP contribution in [-0.4, -0.2) is 24.5 Å². The third-order valence-corrected chi connectivity index (χ3v) is 4.43. The minimum atomic E-state index is -0.123. The first-order valence-corrected chi connectivity index (χ1v) is 7.59. The van der Waals surface area contributed by atoms with Gasteiger partial charge in [-0.2, -0.15) is 0 Å². The minimum absolute atomic E-state index is 0. The normalized spacial score (nSPS) is 21.4. The Morgan fingerprint density at radius 1 is 1.27 bits per heavy atom. The number of hydrogen-bond donors (Lipinski definition) is 2. The maximum atomic E-state index is 12.4. The Morgan fingerprint density at radius 3 is 2.73 bits per heavy atom. The fourth-order valence-electron chi connectivity index (χ4n) is 2.89. The summed E-state index contributed by atoms with van der Waals surface area (Å²) in [5.74, 6) is 0.273. The number of rotatable bonds is 2. The van der Waals surface area contributed by atoms with Crippen molar-refractivity contribution in [3.8, 4) is 0 Å². The first kappa shape index (κ1) is 16.8. The van der Waals surface area contributed by atoms with Crippen LogP contribution in [0.15, 0.2) is 22.6 Å². The Balaban J connectivity index is 0.00000176. The summed E-state index contributed by atoms with van der Waals surface area (Å²) in [7, 11) is 0. The lowest BCUT2D eigenvalue weighted by atomic mass is 10.00. The van der Waals surface area contributed by atoms with Crippen LogP contribution in [0.3, 0.4) is 0 Å². The maximum Gasteiger partial charge on any atom is 0.287 e. The molecular formula is C17H23ClN2O2. The van der Waals surface area contributed by atoms with Crippen molar-refractivity contribution in [1.29, 1.82) is 0 Å². The van der Waals surface area contributed by atoms with Crippen LogP contribution in [0.4, 0.5) is 0 Å². The topological polar surface area (TPSA) is 54.3 Å². The molecule has 2 unspecified atom stereocenters. The van der Waals surface area contributed by atoms with E-state index in [9.17, 15) is 4.79 Å². The van der Waals surface area contributed by atoms with Gasteiger partial charge in [0.05, 0.1) is 0 Å². The highest BCUT2D eigenvalue weighted by molar-refractivity contribution is 5.96.